The fourth-order valence-electron chi connectivity index (χ4n) is 1.78. The van der Waals surface area contributed by atoms with E-state index >= 15 is 0 Å². The lowest BCUT2D eigenvalue weighted by Gasteiger charge is -2.07. The predicted molar refractivity (Wildman–Crippen MR) is 79.0 cm³/mol. The van der Waals surface area contributed by atoms with Crippen molar-refractivity contribution in [2.75, 3.05) is 5.32 Å². The molecule has 0 unspecified atom stereocenters. The Kier molecular flexibility index (Phi) is 3.78. The highest BCUT2D eigenvalue weighted by Crippen LogP contribution is 2.29. The third-order valence-corrected chi connectivity index (χ3v) is 3.60. The molecule has 0 spiro atoms. The van der Waals surface area contributed by atoms with Crippen molar-refractivity contribution >= 4 is 46.0 Å². The molecule has 0 atom stereocenters. The second kappa shape index (κ2) is 5.72. The summed E-state index contributed by atoms with van der Waals surface area (Å²) in [5.74, 6) is -0.286. The molecule has 3 N–H and O–H groups in total. The Labute approximate surface area is 128 Å². The number of hydrogen-bond acceptors (Lipinski definition) is 7. The van der Waals surface area contributed by atoms with E-state index in [0.29, 0.717) is 27.4 Å². The van der Waals surface area contributed by atoms with Crippen molar-refractivity contribution in [2.45, 2.75) is 13.1 Å². The molecule has 1 aromatic carbocycles. The predicted octanol–water partition coefficient (Wildman–Crippen LogP) is 1.03. The highest BCUT2D eigenvalue weighted by Gasteiger charge is 2.13. The van der Waals surface area contributed by atoms with E-state index in [1.54, 1.807) is 18.3 Å². The number of nitrogens with zero attached hydrogens (tertiary/aromatic N) is 5. The van der Waals surface area contributed by atoms with Crippen LogP contribution in [-0.2, 0) is 17.9 Å². The maximum atomic E-state index is 12.1. The van der Waals surface area contributed by atoms with Gasteiger partial charge in [0.25, 0.3) is 0 Å². The summed E-state index contributed by atoms with van der Waals surface area (Å²) in [7, 11) is 0. The van der Waals surface area contributed by atoms with Crippen molar-refractivity contribution in [3.05, 3.63) is 29.0 Å². The molecule has 1 amide bonds. The van der Waals surface area contributed by atoms with E-state index in [1.807, 2.05) is 0 Å². The number of anilines is 1. The molecule has 108 valence electrons. The van der Waals surface area contributed by atoms with Gasteiger partial charge in [0.2, 0.25) is 5.91 Å². The number of nitrogens with one attached hydrogen (secondary N) is 1. The van der Waals surface area contributed by atoms with Gasteiger partial charge in [0, 0.05) is 6.54 Å². The SMILES string of the molecule is NCc1cn(CC(=O)Nc2c(Cl)ccc3nsnc23)nn1. The average molecular weight is 324 g/mol. The normalized spacial score (nSPS) is 11.0. The molecule has 0 aliphatic carbocycles. The van der Waals surface area contributed by atoms with Crippen molar-refractivity contribution in [3.63, 3.8) is 0 Å². The number of benzene rings is 1. The van der Waals surface area contributed by atoms with E-state index in [4.69, 9.17) is 17.3 Å². The first kappa shape index (κ1) is 13.9. The molecule has 0 fully saturated rings. The number of fused-ring (bicyclic) bond motifs is 1. The summed E-state index contributed by atoms with van der Waals surface area (Å²) in [5.41, 5.74) is 7.77. The highest BCUT2D eigenvalue weighted by atomic mass is 35.5. The number of halogens is 1. The summed E-state index contributed by atoms with van der Waals surface area (Å²) >= 11 is 7.17. The first-order valence-electron chi connectivity index (χ1n) is 5.97. The Hall–Kier alpha value is -2.10. The molecule has 0 aliphatic heterocycles. The molecule has 8 nitrogen and oxygen atoms in total. The fourth-order valence-corrected chi connectivity index (χ4v) is 2.52. The van der Waals surface area contributed by atoms with E-state index < -0.39 is 0 Å². The first-order chi connectivity index (χ1) is 10.2. The van der Waals surface area contributed by atoms with E-state index in [-0.39, 0.29) is 19.0 Å². The van der Waals surface area contributed by atoms with Crippen LogP contribution in [-0.4, -0.2) is 29.6 Å². The summed E-state index contributed by atoms with van der Waals surface area (Å²) in [6, 6.07) is 3.42. The zero-order valence-corrected chi connectivity index (χ0v) is 12.2. The molecule has 0 radical (unpaired) electrons. The lowest BCUT2D eigenvalue weighted by Crippen LogP contribution is -2.19. The minimum atomic E-state index is -0.286. The molecular formula is C11H10ClN7OS. The van der Waals surface area contributed by atoms with Gasteiger partial charge in [0.05, 0.1) is 34.3 Å². The summed E-state index contributed by atoms with van der Waals surface area (Å²) < 4.78 is 9.65. The number of amides is 1. The fraction of sp³-hybridized carbons (Fsp3) is 0.182. The molecular weight excluding hydrogens is 314 g/mol. The largest absolute Gasteiger partial charge is 0.325 e. The van der Waals surface area contributed by atoms with Gasteiger partial charge in [-0.3, -0.25) is 4.79 Å². The van der Waals surface area contributed by atoms with E-state index in [1.165, 1.54) is 4.68 Å². The van der Waals surface area contributed by atoms with Crippen LogP contribution in [0, 0.1) is 0 Å². The quantitative estimate of drug-likeness (QED) is 0.741. The van der Waals surface area contributed by atoms with Gasteiger partial charge < -0.3 is 11.1 Å². The molecule has 0 aliphatic rings. The van der Waals surface area contributed by atoms with Gasteiger partial charge >= 0.3 is 0 Å². The Morgan fingerprint density at radius 3 is 3.05 bits per heavy atom. The lowest BCUT2D eigenvalue weighted by atomic mass is 10.2. The van der Waals surface area contributed by atoms with Crippen LogP contribution in [0.3, 0.4) is 0 Å². The van der Waals surface area contributed by atoms with Gasteiger partial charge in [-0.05, 0) is 12.1 Å². The summed E-state index contributed by atoms with van der Waals surface area (Å²) in [5, 5.41) is 10.8. The third kappa shape index (κ3) is 2.84. The van der Waals surface area contributed by atoms with Crippen LogP contribution < -0.4 is 11.1 Å². The van der Waals surface area contributed by atoms with E-state index in [9.17, 15) is 4.79 Å². The van der Waals surface area contributed by atoms with Gasteiger partial charge in [-0.2, -0.15) is 8.75 Å². The molecule has 2 heterocycles. The van der Waals surface area contributed by atoms with Crippen molar-refractivity contribution < 1.29 is 4.79 Å². The standard InChI is InChI=1S/C11H10ClN7OS/c12-7-1-2-8-11(17-21-16-8)10(7)14-9(20)5-19-4-6(3-13)15-18-19/h1-2,4H,3,5,13H2,(H,14,20). The van der Waals surface area contributed by atoms with Gasteiger partial charge in [-0.1, -0.05) is 16.8 Å². The van der Waals surface area contributed by atoms with Gasteiger partial charge in [-0.15, -0.1) is 5.10 Å². The molecule has 2 aromatic heterocycles. The number of nitrogens with two attached hydrogens (primary N) is 1. The maximum Gasteiger partial charge on any atom is 0.246 e. The molecule has 10 heteroatoms. The zero-order chi connectivity index (χ0) is 14.8. The van der Waals surface area contributed by atoms with Crippen molar-refractivity contribution in [1.29, 1.82) is 0 Å². The Balaban J connectivity index is 1.79. The minimum Gasteiger partial charge on any atom is -0.325 e. The van der Waals surface area contributed by atoms with Crippen LogP contribution in [0.5, 0.6) is 0 Å². The molecule has 21 heavy (non-hydrogen) atoms. The smallest absolute Gasteiger partial charge is 0.246 e. The van der Waals surface area contributed by atoms with Crippen molar-refractivity contribution in [1.82, 2.24) is 23.7 Å². The van der Waals surface area contributed by atoms with Crippen LogP contribution in [0.25, 0.3) is 11.0 Å². The minimum absolute atomic E-state index is 0.0112. The van der Waals surface area contributed by atoms with E-state index in [2.05, 4.69) is 24.4 Å². The number of carbonyl (C=O) groups excluding carboxylic acids is 1. The second-order valence-corrected chi connectivity index (χ2v) is 5.15. The van der Waals surface area contributed by atoms with E-state index in [0.717, 1.165) is 11.7 Å². The number of carbonyl (C=O) groups is 1. The molecule has 3 rings (SSSR count). The zero-order valence-electron chi connectivity index (χ0n) is 10.7. The summed E-state index contributed by atoms with van der Waals surface area (Å²) in [4.78, 5) is 12.1. The van der Waals surface area contributed by atoms with Crippen LogP contribution in [0.2, 0.25) is 5.02 Å². The second-order valence-electron chi connectivity index (χ2n) is 4.21. The van der Waals surface area contributed by atoms with Gasteiger partial charge in [0.15, 0.2) is 0 Å². The van der Waals surface area contributed by atoms with Gasteiger partial charge in [-0.25, -0.2) is 4.68 Å². The van der Waals surface area contributed by atoms with Crippen LogP contribution in [0.4, 0.5) is 5.69 Å². The highest BCUT2D eigenvalue weighted by molar-refractivity contribution is 7.00. The Bertz CT molecular complexity index is 799. The topological polar surface area (TPSA) is 112 Å². The third-order valence-electron chi connectivity index (χ3n) is 2.74. The van der Waals surface area contributed by atoms with Crippen LogP contribution >= 0.6 is 23.3 Å². The number of hydrogen-bond donors (Lipinski definition) is 2. The monoisotopic (exact) mass is 323 g/mol. The van der Waals surface area contributed by atoms with Crippen molar-refractivity contribution in [3.8, 4) is 0 Å². The van der Waals surface area contributed by atoms with Crippen LogP contribution in [0.15, 0.2) is 18.3 Å². The molecule has 0 bridgehead atoms. The maximum absolute atomic E-state index is 12.1. The Morgan fingerprint density at radius 2 is 2.29 bits per heavy atom. The molecule has 0 saturated heterocycles. The molecule has 0 saturated carbocycles. The summed E-state index contributed by atoms with van der Waals surface area (Å²) in [6.45, 7) is 0.286. The number of rotatable bonds is 4. The lowest BCUT2D eigenvalue weighted by molar-refractivity contribution is -0.116. The van der Waals surface area contributed by atoms with Crippen LogP contribution in [0.1, 0.15) is 5.69 Å². The molecule has 3 aromatic rings. The average Bonchev–Trinajstić information content (AvgIpc) is 3.10. The summed E-state index contributed by atoms with van der Waals surface area (Å²) in [6.07, 6.45) is 1.62. The Morgan fingerprint density at radius 1 is 1.43 bits per heavy atom. The number of aromatic nitrogens is 5. The first-order valence-corrected chi connectivity index (χ1v) is 7.08. The van der Waals surface area contributed by atoms with Gasteiger partial charge in [0.1, 0.15) is 17.6 Å². The van der Waals surface area contributed by atoms with Crippen molar-refractivity contribution in [2.24, 2.45) is 5.73 Å².